The zero-order valence-corrected chi connectivity index (χ0v) is 11.6. The summed E-state index contributed by atoms with van der Waals surface area (Å²) in [4.78, 5) is 0. The van der Waals surface area contributed by atoms with E-state index in [2.05, 4.69) is 25.2 Å². The molecule has 0 aliphatic carbocycles. The Labute approximate surface area is 114 Å². The minimum Gasteiger partial charge on any atom is -0.490 e. The van der Waals surface area contributed by atoms with Gasteiger partial charge in [0.25, 0.3) is 0 Å². The van der Waals surface area contributed by atoms with Crippen molar-refractivity contribution in [2.45, 2.75) is 39.5 Å². The molecule has 0 aliphatic rings. The number of furan rings is 1. The Morgan fingerprint density at radius 2 is 2.00 bits per heavy atom. The fourth-order valence-electron chi connectivity index (χ4n) is 1.80. The van der Waals surface area contributed by atoms with E-state index in [1.54, 1.807) is 6.26 Å². The van der Waals surface area contributed by atoms with Gasteiger partial charge in [-0.2, -0.15) is 0 Å². The molecule has 3 heteroatoms. The molecule has 0 saturated heterocycles. The van der Waals surface area contributed by atoms with Crippen molar-refractivity contribution in [3.05, 3.63) is 54.0 Å². The Morgan fingerprint density at radius 1 is 1.16 bits per heavy atom. The molecule has 1 unspecified atom stereocenters. The molecule has 0 bridgehead atoms. The van der Waals surface area contributed by atoms with Crippen molar-refractivity contribution in [2.24, 2.45) is 0 Å². The summed E-state index contributed by atoms with van der Waals surface area (Å²) in [5, 5.41) is 3.36. The first kappa shape index (κ1) is 13.7. The monoisotopic (exact) mass is 259 g/mol. The van der Waals surface area contributed by atoms with Crippen molar-refractivity contribution in [1.29, 1.82) is 0 Å². The molecule has 0 saturated carbocycles. The van der Waals surface area contributed by atoms with Gasteiger partial charge >= 0.3 is 0 Å². The van der Waals surface area contributed by atoms with E-state index in [1.807, 2.05) is 30.3 Å². The zero-order chi connectivity index (χ0) is 13.5. The Hall–Kier alpha value is -1.74. The molecule has 0 amide bonds. The molecule has 1 heterocycles. The highest BCUT2D eigenvalue weighted by molar-refractivity contribution is 5.33. The van der Waals surface area contributed by atoms with Gasteiger partial charge in [-0.3, -0.25) is 0 Å². The molecule has 0 fully saturated rings. The molecule has 0 radical (unpaired) electrons. The number of hydrogen-bond donors (Lipinski definition) is 1. The van der Waals surface area contributed by atoms with Gasteiger partial charge in [-0.05, 0) is 31.5 Å². The lowest BCUT2D eigenvalue weighted by molar-refractivity contribution is 0.215. The van der Waals surface area contributed by atoms with Crippen molar-refractivity contribution < 1.29 is 9.15 Å². The Bertz CT molecular complexity index is 479. The van der Waals surface area contributed by atoms with Crippen LogP contribution in [-0.4, -0.2) is 6.10 Å². The van der Waals surface area contributed by atoms with Gasteiger partial charge < -0.3 is 14.5 Å². The normalized spacial score (nSPS) is 12.3. The molecule has 2 rings (SSSR count). The molecule has 102 valence electrons. The number of benzene rings is 1. The van der Waals surface area contributed by atoms with Gasteiger partial charge in [-0.15, -0.1) is 0 Å². The highest BCUT2D eigenvalue weighted by Gasteiger charge is 2.06. The van der Waals surface area contributed by atoms with Gasteiger partial charge in [0.2, 0.25) is 0 Å². The first-order chi connectivity index (χ1) is 9.29. The van der Waals surface area contributed by atoms with Crippen LogP contribution in [0.1, 0.15) is 31.6 Å². The summed E-state index contributed by atoms with van der Waals surface area (Å²) in [5.41, 5.74) is 1.18. The van der Waals surface area contributed by atoms with Crippen LogP contribution in [0.5, 0.6) is 5.75 Å². The Morgan fingerprint density at radius 3 is 2.74 bits per heavy atom. The maximum atomic E-state index is 5.92. The lowest BCUT2D eigenvalue weighted by Gasteiger charge is -2.16. The van der Waals surface area contributed by atoms with E-state index in [0.717, 1.165) is 31.0 Å². The number of para-hydroxylation sites is 1. The maximum absolute atomic E-state index is 5.92. The summed E-state index contributed by atoms with van der Waals surface area (Å²) in [6.07, 6.45) is 2.94. The topological polar surface area (TPSA) is 34.4 Å². The lowest BCUT2D eigenvalue weighted by Crippen LogP contribution is -2.15. The highest BCUT2D eigenvalue weighted by Crippen LogP contribution is 2.20. The van der Waals surface area contributed by atoms with Crippen molar-refractivity contribution in [3.8, 4) is 5.75 Å². The van der Waals surface area contributed by atoms with Crippen LogP contribution in [0.15, 0.2) is 47.1 Å². The van der Waals surface area contributed by atoms with E-state index < -0.39 is 0 Å². The summed E-state index contributed by atoms with van der Waals surface area (Å²) < 4.78 is 11.2. The molecule has 0 spiro atoms. The Balaban J connectivity index is 1.91. The van der Waals surface area contributed by atoms with E-state index in [9.17, 15) is 0 Å². The lowest BCUT2D eigenvalue weighted by atomic mass is 10.2. The third-order valence-electron chi connectivity index (χ3n) is 3.07. The maximum Gasteiger partial charge on any atom is 0.124 e. The molecule has 3 nitrogen and oxygen atoms in total. The quantitative estimate of drug-likeness (QED) is 0.822. The van der Waals surface area contributed by atoms with Crippen molar-refractivity contribution in [1.82, 2.24) is 5.32 Å². The van der Waals surface area contributed by atoms with Crippen molar-refractivity contribution in [2.75, 3.05) is 0 Å². The summed E-state index contributed by atoms with van der Waals surface area (Å²) in [7, 11) is 0. The molecule has 1 N–H and O–H groups in total. The molecule has 1 aromatic heterocycles. The van der Waals surface area contributed by atoms with Gasteiger partial charge in [0.05, 0.1) is 18.9 Å². The molecule has 1 aromatic carbocycles. The van der Waals surface area contributed by atoms with Crippen LogP contribution in [0.25, 0.3) is 0 Å². The van der Waals surface area contributed by atoms with Crippen LogP contribution in [0.3, 0.4) is 0 Å². The van der Waals surface area contributed by atoms with Crippen molar-refractivity contribution in [3.63, 3.8) is 0 Å². The second-order valence-electron chi connectivity index (χ2n) is 4.63. The molecule has 19 heavy (non-hydrogen) atoms. The summed E-state index contributed by atoms with van der Waals surface area (Å²) in [6, 6.07) is 12.0. The largest absolute Gasteiger partial charge is 0.490 e. The van der Waals surface area contributed by atoms with Gasteiger partial charge in [0.1, 0.15) is 11.5 Å². The number of ether oxygens (including phenoxy) is 1. The third-order valence-corrected chi connectivity index (χ3v) is 3.07. The SMILES string of the molecule is CCC(C)Oc1ccccc1CNCc1ccco1. The third kappa shape index (κ3) is 4.14. The fraction of sp³-hybridized carbons (Fsp3) is 0.375. The van der Waals surface area contributed by atoms with Crippen LogP contribution in [0, 0.1) is 0 Å². The van der Waals surface area contributed by atoms with Gasteiger partial charge in [-0.1, -0.05) is 25.1 Å². The van der Waals surface area contributed by atoms with E-state index in [4.69, 9.17) is 9.15 Å². The van der Waals surface area contributed by atoms with Crippen LogP contribution in [0.4, 0.5) is 0 Å². The summed E-state index contributed by atoms with van der Waals surface area (Å²) in [6.45, 7) is 5.72. The minimum absolute atomic E-state index is 0.242. The Kier molecular flexibility index (Phi) is 5.04. The first-order valence-electron chi connectivity index (χ1n) is 6.77. The van der Waals surface area contributed by atoms with Gasteiger partial charge in [0, 0.05) is 12.1 Å². The summed E-state index contributed by atoms with van der Waals surface area (Å²) in [5.74, 6) is 1.91. The standard InChI is InChI=1S/C16H21NO2/c1-3-13(2)19-16-9-5-4-7-14(16)11-17-12-15-8-6-10-18-15/h4-10,13,17H,3,11-12H2,1-2H3. The molecular weight excluding hydrogens is 238 g/mol. The zero-order valence-electron chi connectivity index (χ0n) is 11.6. The molecule has 0 aliphatic heterocycles. The van der Waals surface area contributed by atoms with Crippen LogP contribution in [-0.2, 0) is 13.1 Å². The average Bonchev–Trinajstić information content (AvgIpc) is 2.94. The van der Waals surface area contributed by atoms with E-state index in [0.29, 0.717) is 0 Å². The van der Waals surface area contributed by atoms with Crippen molar-refractivity contribution >= 4 is 0 Å². The van der Waals surface area contributed by atoms with Gasteiger partial charge in [0.15, 0.2) is 0 Å². The highest BCUT2D eigenvalue weighted by atomic mass is 16.5. The van der Waals surface area contributed by atoms with E-state index in [1.165, 1.54) is 5.56 Å². The van der Waals surface area contributed by atoms with Crippen LogP contribution >= 0.6 is 0 Å². The molecule has 1 atom stereocenters. The molecular formula is C16H21NO2. The smallest absolute Gasteiger partial charge is 0.124 e. The van der Waals surface area contributed by atoms with Gasteiger partial charge in [-0.25, -0.2) is 0 Å². The fourth-order valence-corrected chi connectivity index (χ4v) is 1.80. The second kappa shape index (κ2) is 7.00. The molecule has 2 aromatic rings. The van der Waals surface area contributed by atoms with E-state index in [-0.39, 0.29) is 6.10 Å². The van der Waals surface area contributed by atoms with Crippen LogP contribution in [0.2, 0.25) is 0 Å². The minimum atomic E-state index is 0.242. The number of rotatable bonds is 7. The summed E-state index contributed by atoms with van der Waals surface area (Å²) >= 11 is 0. The van der Waals surface area contributed by atoms with Crippen LogP contribution < -0.4 is 10.1 Å². The average molecular weight is 259 g/mol. The predicted molar refractivity (Wildman–Crippen MR) is 76.1 cm³/mol. The number of nitrogens with one attached hydrogen (secondary N) is 1. The van der Waals surface area contributed by atoms with E-state index >= 15 is 0 Å². The predicted octanol–water partition coefficient (Wildman–Crippen LogP) is 3.75. The first-order valence-corrected chi connectivity index (χ1v) is 6.77. The number of hydrogen-bond acceptors (Lipinski definition) is 3. The second-order valence-corrected chi connectivity index (χ2v) is 4.63.